The second kappa shape index (κ2) is 5.54. The fourth-order valence-electron chi connectivity index (χ4n) is 0.838. The average molecular weight is 192 g/mol. The smallest absolute Gasteiger partial charge is 0.211 e. The molecule has 12 heavy (non-hydrogen) atoms. The summed E-state index contributed by atoms with van der Waals surface area (Å²) in [4.78, 5) is 0. The molecular formula is C8H18NO2S. The molecule has 0 saturated heterocycles. The van der Waals surface area contributed by atoms with Gasteiger partial charge in [-0.15, -0.1) is 0 Å². The summed E-state index contributed by atoms with van der Waals surface area (Å²) in [6.07, 6.45) is 1.90. The first-order chi connectivity index (χ1) is 5.48. The molecule has 0 aromatic carbocycles. The van der Waals surface area contributed by atoms with Crippen LogP contribution in [0.1, 0.15) is 26.7 Å². The normalized spacial score (nSPS) is 12.3. The van der Waals surface area contributed by atoms with E-state index in [0.29, 0.717) is 6.54 Å². The fourth-order valence-corrected chi connectivity index (χ4v) is 2.16. The number of hydrogen-bond donors (Lipinski definition) is 1. The minimum absolute atomic E-state index is 0.0517. The zero-order valence-corrected chi connectivity index (χ0v) is 8.65. The van der Waals surface area contributed by atoms with Crippen molar-refractivity contribution in [2.75, 3.05) is 12.3 Å². The van der Waals surface area contributed by atoms with Crippen molar-refractivity contribution in [2.45, 2.75) is 26.7 Å². The number of nitrogens with one attached hydrogen (secondary N) is 1. The summed E-state index contributed by atoms with van der Waals surface area (Å²) in [5.41, 5.74) is 0. The van der Waals surface area contributed by atoms with Crippen LogP contribution in [0, 0.1) is 12.8 Å². The second-order valence-electron chi connectivity index (χ2n) is 3.13. The Morgan fingerprint density at radius 3 is 2.50 bits per heavy atom. The lowest BCUT2D eigenvalue weighted by Crippen LogP contribution is -2.29. The van der Waals surface area contributed by atoms with E-state index < -0.39 is 10.0 Å². The van der Waals surface area contributed by atoms with Crippen molar-refractivity contribution in [2.24, 2.45) is 5.92 Å². The third-order valence-corrected chi connectivity index (χ3v) is 3.01. The van der Waals surface area contributed by atoms with Crippen LogP contribution in [0.25, 0.3) is 0 Å². The molecule has 0 aromatic heterocycles. The Balaban J connectivity index is 3.73. The number of unbranched alkanes of at least 4 members (excludes halogenated alkanes) is 1. The molecule has 0 rings (SSSR count). The molecule has 0 aromatic rings. The monoisotopic (exact) mass is 192 g/mol. The van der Waals surface area contributed by atoms with Crippen LogP contribution in [-0.2, 0) is 10.0 Å². The maximum absolute atomic E-state index is 11.2. The Bertz CT molecular complexity index is 197. The molecule has 0 aliphatic heterocycles. The van der Waals surface area contributed by atoms with Crippen LogP contribution in [0.3, 0.4) is 0 Å². The third kappa shape index (κ3) is 6.61. The van der Waals surface area contributed by atoms with Crippen LogP contribution in [-0.4, -0.2) is 20.7 Å². The molecule has 3 nitrogen and oxygen atoms in total. The molecule has 1 radical (unpaired) electrons. The molecule has 0 aliphatic rings. The van der Waals surface area contributed by atoms with Crippen molar-refractivity contribution < 1.29 is 8.42 Å². The van der Waals surface area contributed by atoms with Gasteiger partial charge in [0.1, 0.15) is 0 Å². The van der Waals surface area contributed by atoms with E-state index >= 15 is 0 Å². The molecule has 0 heterocycles. The lowest BCUT2D eigenvalue weighted by atomic mass is 10.3. The standard InChI is InChI=1S/C8H18NO2S/c1-4-5-6-9-12(10,11)7-8(2)3/h8-9H,2,4-7H2,1,3H3. The van der Waals surface area contributed by atoms with Crippen molar-refractivity contribution in [3.8, 4) is 0 Å². The maximum atomic E-state index is 11.2. The predicted octanol–water partition coefficient (Wildman–Crippen LogP) is 1.18. The molecule has 0 bridgehead atoms. The van der Waals surface area contributed by atoms with Gasteiger partial charge in [0.05, 0.1) is 5.75 Å². The van der Waals surface area contributed by atoms with Gasteiger partial charge in [-0.05, 0) is 19.3 Å². The Morgan fingerprint density at radius 2 is 2.08 bits per heavy atom. The summed E-state index contributed by atoms with van der Waals surface area (Å²) in [5, 5.41) is 0. The van der Waals surface area contributed by atoms with Gasteiger partial charge in [0.2, 0.25) is 10.0 Å². The van der Waals surface area contributed by atoms with Crippen LogP contribution in [0.2, 0.25) is 0 Å². The zero-order valence-electron chi connectivity index (χ0n) is 7.84. The van der Waals surface area contributed by atoms with E-state index in [4.69, 9.17) is 0 Å². The summed E-state index contributed by atoms with van der Waals surface area (Å²) >= 11 is 0. The lowest BCUT2D eigenvalue weighted by Gasteiger charge is -2.07. The van der Waals surface area contributed by atoms with Gasteiger partial charge in [0.15, 0.2) is 0 Å². The number of sulfonamides is 1. The van der Waals surface area contributed by atoms with Gasteiger partial charge in [0, 0.05) is 6.54 Å². The maximum Gasteiger partial charge on any atom is 0.211 e. The highest BCUT2D eigenvalue weighted by molar-refractivity contribution is 7.89. The Morgan fingerprint density at radius 1 is 1.50 bits per heavy atom. The highest BCUT2D eigenvalue weighted by Gasteiger charge is 2.10. The summed E-state index contributed by atoms with van der Waals surface area (Å²) < 4.78 is 24.9. The average Bonchev–Trinajstić information content (AvgIpc) is 1.84. The van der Waals surface area contributed by atoms with Gasteiger partial charge in [-0.2, -0.15) is 0 Å². The third-order valence-electron chi connectivity index (χ3n) is 1.36. The van der Waals surface area contributed by atoms with Gasteiger partial charge < -0.3 is 0 Å². The van der Waals surface area contributed by atoms with Crippen molar-refractivity contribution in [1.82, 2.24) is 4.72 Å². The van der Waals surface area contributed by atoms with Gasteiger partial charge in [0.25, 0.3) is 0 Å². The van der Waals surface area contributed by atoms with Crippen molar-refractivity contribution in [3.05, 3.63) is 6.92 Å². The molecular weight excluding hydrogens is 174 g/mol. The van der Waals surface area contributed by atoms with E-state index in [2.05, 4.69) is 11.6 Å². The van der Waals surface area contributed by atoms with Crippen LogP contribution in [0.15, 0.2) is 0 Å². The predicted molar refractivity (Wildman–Crippen MR) is 51.2 cm³/mol. The molecule has 0 amide bonds. The van der Waals surface area contributed by atoms with Gasteiger partial charge in [-0.3, -0.25) is 0 Å². The summed E-state index contributed by atoms with van der Waals surface area (Å²) in [5.74, 6) is 0.0700. The van der Waals surface area contributed by atoms with E-state index in [1.165, 1.54) is 0 Å². The number of rotatable bonds is 6. The van der Waals surface area contributed by atoms with Crippen molar-refractivity contribution in [3.63, 3.8) is 0 Å². The van der Waals surface area contributed by atoms with Gasteiger partial charge in [-0.1, -0.05) is 20.3 Å². The van der Waals surface area contributed by atoms with Gasteiger partial charge >= 0.3 is 0 Å². The molecule has 1 unspecified atom stereocenters. The Labute approximate surface area is 75.6 Å². The van der Waals surface area contributed by atoms with Crippen molar-refractivity contribution >= 4 is 10.0 Å². The van der Waals surface area contributed by atoms with E-state index in [9.17, 15) is 8.42 Å². The van der Waals surface area contributed by atoms with Crippen LogP contribution < -0.4 is 4.72 Å². The molecule has 0 aliphatic carbocycles. The van der Waals surface area contributed by atoms with E-state index in [1.54, 1.807) is 6.92 Å². The van der Waals surface area contributed by atoms with Crippen LogP contribution in [0.5, 0.6) is 0 Å². The quantitative estimate of drug-likeness (QED) is 0.642. The first-order valence-electron chi connectivity index (χ1n) is 4.28. The summed E-state index contributed by atoms with van der Waals surface area (Å²) in [6.45, 7) is 8.00. The van der Waals surface area contributed by atoms with Crippen LogP contribution in [0.4, 0.5) is 0 Å². The zero-order chi connectivity index (χ0) is 9.61. The minimum atomic E-state index is -3.07. The van der Waals surface area contributed by atoms with Crippen molar-refractivity contribution in [1.29, 1.82) is 0 Å². The topological polar surface area (TPSA) is 46.2 Å². The van der Waals surface area contributed by atoms with E-state index in [-0.39, 0.29) is 11.7 Å². The molecule has 0 saturated carbocycles. The first kappa shape index (κ1) is 11.9. The summed E-state index contributed by atoms with van der Waals surface area (Å²) in [7, 11) is -3.07. The molecule has 1 N–H and O–H groups in total. The van der Waals surface area contributed by atoms with E-state index in [0.717, 1.165) is 12.8 Å². The largest absolute Gasteiger partial charge is 0.215 e. The minimum Gasteiger partial charge on any atom is -0.215 e. The number of hydrogen-bond acceptors (Lipinski definition) is 2. The second-order valence-corrected chi connectivity index (χ2v) is 4.99. The Kier molecular flexibility index (Phi) is 5.50. The lowest BCUT2D eigenvalue weighted by molar-refractivity contribution is 0.570. The SMILES string of the molecule is [CH2]C(C)CS(=O)(=O)NCCCC. The molecule has 0 fully saturated rings. The summed E-state index contributed by atoms with van der Waals surface area (Å²) in [6, 6.07) is 0. The molecule has 0 spiro atoms. The Hall–Kier alpha value is -0.0900. The highest BCUT2D eigenvalue weighted by atomic mass is 32.2. The van der Waals surface area contributed by atoms with E-state index in [1.807, 2.05) is 6.92 Å². The van der Waals surface area contributed by atoms with Crippen LogP contribution >= 0.6 is 0 Å². The first-order valence-corrected chi connectivity index (χ1v) is 5.93. The molecule has 1 atom stereocenters. The van der Waals surface area contributed by atoms with Gasteiger partial charge in [-0.25, -0.2) is 13.1 Å². The highest BCUT2D eigenvalue weighted by Crippen LogP contribution is 1.97. The molecule has 73 valence electrons. The fraction of sp³-hybridized carbons (Fsp3) is 0.875. The molecule has 4 heteroatoms.